The summed E-state index contributed by atoms with van der Waals surface area (Å²) in [5, 5.41) is 2.84. The minimum Gasteiger partial charge on any atom is -0.376 e. The maximum atomic E-state index is 13.8. The van der Waals surface area contributed by atoms with Crippen LogP contribution in [-0.2, 0) is 4.74 Å². The molecule has 0 radical (unpaired) electrons. The topological polar surface area (TPSA) is 64.4 Å². The van der Waals surface area contributed by atoms with Crippen molar-refractivity contribution in [1.82, 2.24) is 5.32 Å². The van der Waals surface area contributed by atoms with Gasteiger partial charge >= 0.3 is 0 Å². The number of hydrogen-bond donors (Lipinski definition) is 2. The summed E-state index contributed by atoms with van der Waals surface area (Å²) in [6, 6.07) is 4.14. The maximum Gasteiger partial charge on any atom is 0.251 e. The molecule has 1 aromatic carbocycles. The van der Waals surface area contributed by atoms with Crippen molar-refractivity contribution >= 4 is 5.91 Å². The lowest BCUT2D eigenvalue weighted by atomic mass is 10.1. The van der Waals surface area contributed by atoms with E-state index in [1.807, 2.05) is 6.92 Å². The molecule has 0 spiro atoms. The SMILES string of the molecule is CC(NC(=O)c1ccc(C#CCN)c(F)c1)C1CCCO1. The highest BCUT2D eigenvalue weighted by Gasteiger charge is 2.24. The van der Waals surface area contributed by atoms with Gasteiger partial charge in [0.15, 0.2) is 0 Å². The number of carbonyl (C=O) groups excluding carboxylic acids is 1. The van der Waals surface area contributed by atoms with Crippen LogP contribution < -0.4 is 11.1 Å². The number of hydrogen-bond acceptors (Lipinski definition) is 3. The fraction of sp³-hybridized carbons (Fsp3) is 0.438. The molecule has 1 aromatic rings. The lowest BCUT2D eigenvalue weighted by molar-refractivity contribution is 0.0712. The smallest absolute Gasteiger partial charge is 0.251 e. The second-order valence-corrected chi connectivity index (χ2v) is 5.01. The van der Waals surface area contributed by atoms with E-state index in [1.54, 1.807) is 6.07 Å². The van der Waals surface area contributed by atoms with Gasteiger partial charge in [0.25, 0.3) is 5.91 Å². The van der Waals surface area contributed by atoms with Crippen molar-refractivity contribution < 1.29 is 13.9 Å². The number of rotatable bonds is 3. The van der Waals surface area contributed by atoms with E-state index < -0.39 is 5.82 Å². The van der Waals surface area contributed by atoms with E-state index in [-0.39, 0.29) is 35.7 Å². The van der Waals surface area contributed by atoms with E-state index in [1.165, 1.54) is 12.1 Å². The summed E-state index contributed by atoms with van der Waals surface area (Å²) in [6.07, 6.45) is 1.98. The first kappa shape index (κ1) is 15.5. The molecule has 1 heterocycles. The second-order valence-electron chi connectivity index (χ2n) is 5.01. The summed E-state index contributed by atoms with van der Waals surface area (Å²) in [5.74, 6) is 4.38. The molecular formula is C16H19FN2O2. The minimum absolute atomic E-state index is 0.0356. The zero-order valence-corrected chi connectivity index (χ0v) is 12.0. The Kier molecular flexibility index (Phi) is 5.32. The van der Waals surface area contributed by atoms with E-state index in [4.69, 9.17) is 10.5 Å². The Morgan fingerprint density at radius 1 is 1.62 bits per heavy atom. The van der Waals surface area contributed by atoms with Crippen molar-refractivity contribution in [2.45, 2.75) is 31.9 Å². The molecule has 0 aliphatic carbocycles. The standard InChI is InChI=1S/C16H19FN2O2/c1-11(15-5-3-9-21-15)19-16(20)13-7-6-12(4-2-8-18)14(17)10-13/h6-7,10-11,15H,3,5,8-9,18H2,1H3,(H,19,20). The molecule has 5 heteroatoms. The Bertz CT molecular complexity index is 571. The van der Waals surface area contributed by atoms with Crippen LogP contribution in [0.15, 0.2) is 18.2 Å². The lowest BCUT2D eigenvalue weighted by Crippen LogP contribution is -2.40. The lowest BCUT2D eigenvalue weighted by Gasteiger charge is -2.20. The maximum absolute atomic E-state index is 13.8. The number of benzene rings is 1. The summed E-state index contributed by atoms with van der Waals surface area (Å²) in [5.41, 5.74) is 5.76. The van der Waals surface area contributed by atoms with Crippen LogP contribution >= 0.6 is 0 Å². The van der Waals surface area contributed by atoms with Gasteiger partial charge in [-0.15, -0.1) is 0 Å². The van der Waals surface area contributed by atoms with Crippen LogP contribution in [0.1, 0.15) is 35.7 Å². The van der Waals surface area contributed by atoms with Crippen LogP contribution in [0.4, 0.5) is 4.39 Å². The van der Waals surface area contributed by atoms with Gasteiger partial charge in [-0.2, -0.15) is 0 Å². The van der Waals surface area contributed by atoms with Gasteiger partial charge in [0.2, 0.25) is 0 Å². The highest BCUT2D eigenvalue weighted by Crippen LogP contribution is 2.16. The molecule has 2 atom stereocenters. The van der Waals surface area contributed by atoms with Gasteiger partial charge < -0.3 is 15.8 Å². The van der Waals surface area contributed by atoms with Crippen LogP contribution in [0.5, 0.6) is 0 Å². The number of carbonyl (C=O) groups is 1. The van der Waals surface area contributed by atoms with Gasteiger partial charge in [-0.1, -0.05) is 11.8 Å². The van der Waals surface area contributed by atoms with Gasteiger partial charge in [-0.3, -0.25) is 4.79 Å². The van der Waals surface area contributed by atoms with E-state index in [0.29, 0.717) is 0 Å². The zero-order valence-electron chi connectivity index (χ0n) is 12.0. The van der Waals surface area contributed by atoms with Crippen LogP contribution in [0.2, 0.25) is 0 Å². The molecule has 21 heavy (non-hydrogen) atoms. The second kappa shape index (κ2) is 7.21. The summed E-state index contributed by atoms with van der Waals surface area (Å²) in [4.78, 5) is 12.1. The predicted octanol–water partition coefficient (Wildman–Crippen LogP) is 1.43. The fourth-order valence-corrected chi connectivity index (χ4v) is 2.28. The summed E-state index contributed by atoms with van der Waals surface area (Å²) in [6.45, 7) is 2.79. The molecule has 112 valence electrons. The van der Waals surface area contributed by atoms with Gasteiger partial charge in [-0.25, -0.2) is 4.39 Å². The highest BCUT2D eigenvalue weighted by atomic mass is 19.1. The van der Waals surface area contributed by atoms with Crippen molar-refractivity contribution in [3.8, 4) is 11.8 Å². The molecule has 1 fully saturated rings. The Hall–Kier alpha value is -1.90. The number of halogens is 1. The van der Waals surface area contributed by atoms with Crippen LogP contribution in [0.25, 0.3) is 0 Å². The third-order valence-corrected chi connectivity index (χ3v) is 3.44. The van der Waals surface area contributed by atoms with Gasteiger partial charge in [-0.05, 0) is 38.0 Å². The normalized spacial score (nSPS) is 18.7. The summed E-state index contributed by atoms with van der Waals surface area (Å²) < 4.78 is 19.3. The average molecular weight is 290 g/mol. The molecule has 3 N–H and O–H groups in total. The van der Waals surface area contributed by atoms with E-state index >= 15 is 0 Å². The Morgan fingerprint density at radius 3 is 3.05 bits per heavy atom. The molecule has 0 bridgehead atoms. The molecule has 1 saturated heterocycles. The largest absolute Gasteiger partial charge is 0.376 e. The summed E-state index contributed by atoms with van der Waals surface area (Å²) in [7, 11) is 0. The molecule has 2 unspecified atom stereocenters. The van der Waals surface area contributed by atoms with Gasteiger partial charge in [0.05, 0.1) is 24.3 Å². The summed E-state index contributed by atoms with van der Waals surface area (Å²) >= 11 is 0. The van der Waals surface area contributed by atoms with Crippen LogP contribution in [-0.4, -0.2) is 31.2 Å². The number of nitrogens with one attached hydrogen (secondary N) is 1. The zero-order chi connectivity index (χ0) is 15.2. The van der Waals surface area contributed by atoms with E-state index in [2.05, 4.69) is 17.2 Å². The highest BCUT2D eigenvalue weighted by molar-refractivity contribution is 5.94. The molecular weight excluding hydrogens is 271 g/mol. The molecule has 1 amide bonds. The van der Waals surface area contributed by atoms with Gasteiger partial charge in [0.1, 0.15) is 5.82 Å². The molecule has 4 nitrogen and oxygen atoms in total. The van der Waals surface area contributed by atoms with Crippen molar-refractivity contribution in [3.05, 3.63) is 35.1 Å². The van der Waals surface area contributed by atoms with E-state index in [9.17, 15) is 9.18 Å². The van der Waals surface area contributed by atoms with Crippen molar-refractivity contribution in [1.29, 1.82) is 0 Å². The van der Waals surface area contributed by atoms with Crippen molar-refractivity contribution in [2.75, 3.05) is 13.2 Å². The first-order valence-electron chi connectivity index (χ1n) is 7.02. The van der Waals surface area contributed by atoms with Crippen molar-refractivity contribution in [3.63, 3.8) is 0 Å². The van der Waals surface area contributed by atoms with Crippen LogP contribution in [0, 0.1) is 17.7 Å². The predicted molar refractivity (Wildman–Crippen MR) is 78.2 cm³/mol. The third kappa shape index (κ3) is 4.03. The average Bonchev–Trinajstić information content (AvgIpc) is 3.00. The van der Waals surface area contributed by atoms with Crippen molar-refractivity contribution in [2.24, 2.45) is 5.73 Å². The molecule has 1 aliphatic rings. The first-order chi connectivity index (χ1) is 10.1. The molecule has 1 aliphatic heterocycles. The fourth-order valence-electron chi connectivity index (χ4n) is 2.28. The first-order valence-corrected chi connectivity index (χ1v) is 7.02. The number of amides is 1. The third-order valence-electron chi connectivity index (χ3n) is 3.44. The van der Waals surface area contributed by atoms with Gasteiger partial charge in [0, 0.05) is 12.2 Å². The Labute approximate surface area is 123 Å². The Morgan fingerprint density at radius 2 is 2.43 bits per heavy atom. The number of ether oxygens (including phenoxy) is 1. The molecule has 0 aromatic heterocycles. The number of nitrogens with two attached hydrogens (primary N) is 1. The Balaban J connectivity index is 2.03. The quantitative estimate of drug-likeness (QED) is 0.828. The van der Waals surface area contributed by atoms with E-state index in [0.717, 1.165) is 19.4 Å². The van der Waals surface area contributed by atoms with Crippen LogP contribution in [0.3, 0.4) is 0 Å². The molecule has 0 saturated carbocycles. The monoisotopic (exact) mass is 290 g/mol. The molecule has 2 rings (SSSR count). The minimum atomic E-state index is -0.520.